The molecule has 0 saturated carbocycles. The smallest absolute Gasteiger partial charge is 0.162 e. The van der Waals surface area contributed by atoms with Crippen molar-refractivity contribution in [2.24, 2.45) is 0 Å². The summed E-state index contributed by atoms with van der Waals surface area (Å²) in [5.41, 5.74) is 3.08. The minimum absolute atomic E-state index is 0.835. The molecule has 0 fully saturated rings. The Hall–Kier alpha value is -1.91. The van der Waals surface area contributed by atoms with Crippen LogP contribution in [0.15, 0.2) is 12.4 Å². The van der Waals surface area contributed by atoms with Gasteiger partial charge in [0.15, 0.2) is 5.82 Å². The Kier molecular flexibility index (Phi) is 3.08. The number of aryl methyl sites for hydroxylation is 2. The highest BCUT2D eigenvalue weighted by molar-refractivity contribution is 5.50. The third-order valence-electron chi connectivity index (χ3n) is 2.61. The van der Waals surface area contributed by atoms with Gasteiger partial charge in [-0.1, -0.05) is 0 Å². The zero-order chi connectivity index (χ0) is 12.4. The van der Waals surface area contributed by atoms with Gasteiger partial charge in [-0.3, -0.25) is 0 Å². The summed E-state index contributed by atoms with van der Waals surface area (Å²) in [6.07, 6.45) is 1.57. The summed E-state index contributed by atoms with van der Waals surface area (Å²) in [4.78, 5) is 8.54. The van der Waals surface area contributed by atoms with Crippen molar-refractivity contribution in [3.63, 3.8) is 0 Å². The van der Waals surface area contributed by atoms with Crippen LogP contribution in [0.1, 0.15) is 23.9 Å². The van der Waals surface area contributed by atoms with E-state index >= 15 is 0 Å². The number of anilines is 1. The molecule has 2 heterocycles. The van der Waals surface area contributed by atoms with Gasteiger partial charge in [0.05, 0.1) is 5.69 Å². The van der Waals surface area contributed by atoms with E-state index in [0.29, 0.717) is 0 Å². The van der Waals surface area contributed by atoms with Crippen LogP contribution in [-0.4, -0.2) is 26.3 Å². The quantitative estimate of drug-likeness (QED) is 0.878. The van der Waals surface area contributed by atoms with Crippen molar-refractivity contribution < 1.29 is 0 Å². The third kappa shape index (κ3) is 2.13. The molecule has 0 unspecified atom stereocenters. The highest BCUT2D eigenvalue weighted by Crippen LogP contribution is 2.18. The fourth-order valence-corrected chi connectivity index (χ4v) is 1.84. The van der Waals surface area contributed by atoms with Gasteiger partial charge in [0, 0.05) is 17.8 Å². The number of rotatable bonds is 3. The van der Waals surface area contributed by atoms with Crippen molar-refractivity contribution in [2.45, 2.75) is 27.7 Å². The van der Waals surface area contributed by atoms with Crippen molar-refractivity contribution in [1.29, 1.82) is 0 Å². The maximum absolute atomic E-state index is 4.44. The van der Waals surface area contributed by atoms with Gasteiger partial charge >= 0.3 is 0 Å². The second kappa shape index (κ2) is 4.53. The van der Waals surface area contributed by atoms with Crippen LogP contribution in [0.4, 0.5) is 5.82 Å². The first-order valence-electron chi connectivity index (χ1n) is 5.72. The normalized spacial score (nSPS) is 10.6. The van der Waals surface area contributed by atoms with Crippen LogP contribution >= 0.6 is 0 Å². The average Bonchev–Trinajstić information content (AvgIpc) is 2.61. The zero-order valence-corrected chi connectivity index (χ0v) is 10.7. The lowest BCUT2D eigenvalue weighted by Gasteiger charge is -2.10. The Morgan fingerprint density at radius 2 is 2.00 bits per heavy atom. The predicted molar refractivity (Wildman–Crippen MR) is 67.5 cm³/mol. The lowest BCUT2D eigenvalue weighted by Crippen LogP contribution is -2.09. The van der Waals surface area contributed by atoms with E-state index in [0.717, 1.165) is 35.1 Å². The van der Waals surface area contributed by atoms with Crippen LogP contribution in [0.5, 0.6) is 0 Å². The summed E-state index contributed by atoms with van der Waals surface area (Å²) in [7, 11) is 0. The molecule has 2 aromatic rings. The van der Waals surface area contributed by atoms with Crippen molar-refractivity contribution >= 4 is 5.82 Å². The van der Waals surface area contributed by atoms with Crippen LogP contribution in [0.3, 0.4) is 0 Å². The maximum atomic E-state index is 4.44. The molecule has 0 aliphatic carbocycles. The minimum atomic E-state index is 0.835. The van der Waals surface area contributed by atoms with Crippen molar-refractivity contribution in [1.82, 2.24) is 19.7 Å². The molecule has 0 atom stereocenters. The summed E-state index contributed by atoms with van der Waals surface area (Å²) in [6.45, 7) is 8.89. The van der Waals surface area contributed by atoms with E-state index in [1.165, 1.54) is 0 Å². The number of hydrogen-bond donors (Lipinski definition) is 1. The Morgan fingerprint density at radius 3 is 2.59 bits per heavy atom. The molecule has 0 aliphatic heterocycles. The van der Waals surface area contributed by atoms with E-state index in [1.54, 1.807) is 6.33 Å². The highest BCUT2D eigenvalue weighted by atomic mass is 15.3. The molecule has 0 spiro atoms. The molecule has 0 aromatic carbocycles. The van der Waals surface area contributed by atoms with E-state index in [4.69, 9.17) is 0 Å². The Bertz CT molecular complexity index is 530. The van der Waals surface area contributed by atoms with Crippen LogP contribution in [0.2, 0.25) is 0 Å². The largest absolute Gasteiger partial charge is 0.370 e. The summed E-state index contributed by atoms with van der Waals surface area (Å²) in [5, 5.41) is 7.66. The molecular weight excluding hydrogens is 214 g/mol. The van der Waals surface area contributed by atoms with Crippen LogP contribution in [0, 0.1) is 20.8 Å². The van der Waals surface area contributed by atoms with Gasteiger partial charge in [-0.15, -0.1) is 0 Å². The molecule has 90 valence electrons. The Balaban J connectivity index is 2.52. The SMILES string of the molecule is CCNc1ncnc(-n2nc(C)cc2C)c1C. The molecular formula is C12H17N5. The van der Waals surface area contributed by atoms with Gasteiger partial charge in [0.2, 0.25) is 0 Å². The lowest BCUT2D eigenvalue weighted by molar-refractivity contribution is 0.792. The number of nitrogens with zero attached hydrogens (tertiary/aromatic N) is 4. The molecule has 0 saturated heterocycles. The van der Waals surface area contributed by atoms with Crippen LogP contribution < -0.4 is 5.32 Å². The predicted octanol–water partition coefficient (Wildman–Crippen LogP) is 2.02. The molecule has 5 nitrogen and oxygen atoms in total. The van der Waals surface area contributed by atoms with Crippen LogP contribution in [-0.2, 0) is 0 Å². The average molecular weight is 231 g/mol. The molecule has 0 amide bonds. The van der Waals surface area contributed by atoms with Crippen molar-refractivity contribution in [2.75, 3.05) is 11.9 Å². The third-order valence-corrected chi connectivity index (χ3v) is 2.61. The van der Waals surface area contributed by atoms with E-state index in [2.05, 4.69) is 20.4 Å². The number of hydrogen-bond acceptors (Lipinski definition) is 4. The first-order valence-corrected chi connectivity index (χ1v) is 5.72. The van der Waals surface area contributed by atoms with E-state index < -0.39 is 0 Å². The van der Waals surface area contributed by atoms with Gasteiger partial charge < -0.3 is 5.32 Å². The monoisotopic (exact) mass is 231 g/mol. The van der Waals surface area contributed by atoms with Gasteiger partial charge in [-0.2, -0.15) is 5.10 Å². The fraction of sp³-hybridized carbons (Fsp3) is 0.417. The van der Waals surface area contributed by atoms with Gasteiger partial charge in [0.1, 0.15) is 12.1 Å². The molecule has 2 aromatic heterocycles. The van der Waals surface area contributed by atoms with Gasteiger partial charge in [0.25, 0.3) is 0 Å². The first kappa shape index (κ1) is 11.6. The summed E-state index contributed by atoms with van der Waals surface area (Å²) >= 11 is 0. The fourth-order valence-electron chi connectivity index (χ4n) is 1.84. The molecule has 0 bridgehead atoms. The highest BCUT2D eigenvalue weighted by Gasteiger charge is 2.11. The lowest BCUT2D eigenvalue weighted by atomic mass is 10.3. The van der Waals surface area contributed by atoms with Crippen molar-refractivity contribution in [3.8, 4) is 5.82 Å². The topological polar surface area (TPSA) is 55.6 Å². The maximum Gasteiger partial charge on any atom is 0.162 e. The van der Waals surface area contributed by atoms with Crippen LogP contribution in [0.25, 0.3) is 5.82 Å². The van der Waals surface area contributed by atoms with Crippen molar-refractivity contribution in [3.05, 3.63) is 29.3 Å². The van der Waals surface area contributed by atoms with E-state index in [9.17, 15) is 0 Å². The zero-order valence-electron chi connectivity index (χ0n) is 10.7. The first-order chi connectivity index (χ1) is 8.13. The Labute approximate surface area is 101 Å². The van der Waals surface area contributed by atoms with Gasteiger partial charge in [-0.25, -0.2) is 14.6 Å². The Morgan fingerprint density at radius 1 is 1.24 bits per heavy atom. The molecule has 17 heavy (non-hydrogen) atoms. The van der Waals surface area contributed by atoms with Gasteiger partial charge in [-0.05, 0) is 33.8 Å². The summed E-state index contributed by atoms with van der Waals surface area (Å²) in [5.74, 6) is 1.70. The number of nitrogens with one attached hydrogen (secondary N) is 1. The summed E-state index contributed by atoms with van der Waals surface area (Å²) in [6, 6.07) is 2.04. The molecule has 5 heteroatoms. The second-order valence-corrected chi connectivity index (χ2v) is 4.04. The molecule has 2 rings (SSSR count). The van der Waals surface area contributed by atoms with E-state index in [-0.39, 0.29) is 0 Å². The molecule has 0 radical (unpaired) electrons. The number of aromatic nitrogens is 4. The molecule has 1 N–H and O–H groups in total. The summed E-state index contributed by atoms with van der Waals surface area (Å²) < 4.78 is 1.85. The molecule has 0 aliphatic rings. The minimum Gasteiger partial charge on any atom is -0.370 e. The standard InChI is InChI=1S/C12H17N5/c1-5-13-11-10(4)12(15-7-14-11)17-9(3)6-8(2)16-17/h6-7H,5H2,1-4H3,(H,13,14,15). The van der Waals surface area contributed by atoms with E-state index in [1.807, 2.05) is 38.4 Å². The second-order valence-electron chi connectivity index (χ2n) is 4.04.